The second-order valence-electron chi connectivity index (χ2n) is 16.0. The molecule has 0 aromatic heterocycles. The minimum Gasteiger partial charge on any atom is -0.462 e. The van der Waals surface area contributed by atoms with Gasteiger partial charge in [0.1, 0.15) is 11.9 Å². The first-order chi connectivity index (χ1) is 17.5. The topological polar surface area (TPSA) is 52.6 Å². The van der Waals surface area contributed by atoms with Gasteiger partial charge >= 0.3 is 11.9 Å². The van der Waals surface area contributed by atoms with E-state index >= 15 is 0 Å². The Balaban J connectivity index is 1.64. The van der Waals surface area contributed by atoms with Gasteiger partial charge in [0, 0.05) is 25.7 Å². The fourth-order valence-corrected chi connectivity index (χ4v) is 11.5. The molecule has 4 saturated carbocycles. The number of rotatable bonds is 2. The summed E-state index contributed by atoms with van der Waals surface area (Å²) in [5.74, 6) is 3.38. The number of allylic oxidation sites excluding steroid dienone is 2. The Morgan fingerprint density at radius 1 is 0.789 bits per heavy atom. The van der Waals surface area contributed by atoms with E-state index in [1.165, 1.54) is 44.1 Å². The predicted molar refractivity (Wildman–Crippen MR) is 151 cm³/mol. The molecule has 5 rings (SSSR count). The summed E-state index contributed by atoms with van der Waals surface area (Å²) in [7, 11) is 0. The molecule has 0 amide bonds. The van der Waals surface area contributed by atoms with Crippen LogP contribution in [-0.4, -0.2) is 18.0 Å². The van der Waals surface area contributed by atoms with Crippen LogP contribution in [0.5, 0.6) is 0 Å². The zero-order valence-electron chi connectivity index (χ0n) is 26.0. The number of hydrogen-bond donors (Lipinski definition) is 0. The first-order valence-electron chi connectivity index (χ1n) is 15.6. The van der Waals surface area contributed by atoms with Crippen LogP contribution in [0.25, 0.3) is 0 Å². The van der Waals surface area contributed by atoms with Gasteiger partial charge in [-0.15, -0.1) is 0 Å². The van der Waals surface area contributed by atoms with Gasteiger partial charge in [0.2, 0.25) is 0 Å². The van der Waals surface area contributed by atoms with E-state index < -0.39 is 0 Å². The van der Waals surface area contributed by atoms with E-state index in [2.05, 4.69) is 55.4 Å². The third-order valence-electron chi connectivity index (χ3n) is 14.0. The van der Waals surface area contributed by atoms with Crippen LogP contribution in [0.1, 0.15) is 127 Å². The maximum Gasteiger partial charge on any atom is 0.307 e. The monoisotopic (exact) mass is 526 g/mol. The van der Waals surface area contributed by atoms with Gasteiger partial charge in [-0.3, -0.25) is 9.59 Å². The Morgan fingerprint density at radius 3 is 2.11 bits per heavy atom. The maximum atomic E-state index is 12.6. The zero-order chi connectivity index (χ0) is 28.1. The summed E-state index contributed by atoms with van der Waals surface area (Å²) >= 11 is 0. The molecule has 4 nitrogen and oxygen atoms in total. The van der Waals surface area contributed by atoms with Gasteiger partial charge in [-0.25, -0.2) is 0 Å². The number of fused-ring (bicyclic) bond motifs is 7. The van der Waals surface area contributed by atoms with Gasteiger partial charge < -0.3 is 9.47 Å². The Kier molecular flexibility index (Phi) is 6.56. The summed E-state index contributed by atoms with van der Waals surface area (Å²) < 4.78 is 12.2. The summed E-state index contributed by atoms with van der Waals surface area (Å²) in [5.41, 5.74) is 2.03. The van der Waals surface area contributed by atoms with Crippen molar-refractivity contribution in [1.82, 2.24) is 0 Å². The molecule has 0 N–H and O–H groups in total. The smallest absolute Gasteiger partial charge is 0.307 e. The second kappa shape index (κ2) is 8.84. The van der Waals surface area contributed by atoms with Crippen LogP contribution in [0, 0.1) is 56.7 Å². The summed E-state index contributed by atoms with van der Waals surface area (Å²) in [5, 5.41) is 0. The SMILES string of the molecule is CC(=O)OC1=C2[C@@H]3[C@@H](C)[C@H](C)CC[C@]3(C)CC[C@@]2(C)[C@]2(C)CC[C@H]3C(C)(C)C(OC(C)=O)CC[C@]3(C)[C@H]2C1. The van der Waals surface area contributed by atoms with Gasteiger partial charge in [-0.1, -0.05) is 55.4 Å². The van der Waals surface area contributed by atoms with Crippen molar-refractivity contribution in [3.63, 3.8) is 0 Å². The lowest BCUT2D eigenvalue weighted by Crippen LogP contribution is -2.65. The lowest BCUT2D eigenvalue weighted by molar-refractivity contribution is -0.216. The summed E-state index contributed by atoms with van der Waals surface area (Å²) in [4.78, 5) is 24.6. The molecule has 5 aliphatic rings. The quantitative estimate of drug-likeness (QED) is 0.339. The molecule has 0 saturated heterocycles. The molecule has 5 aliphatic carbocycles. The van der Waals surface area contributed by atoms with E-state index in [4.69, 9.17) is 9.47 Å². The Hall–Kier alpha value is -1.32. The average molecular weight is 527 g/mol. The number of carbonyl (C=O) groups excluding carboxylic acids is 2. The molecule has 0 aromatic carbocycles. The standard InChI is InChI=1S/C34H54O4/c1-20-11-14-31(7)17-18-34(10)29(28(31)21(20)2)24(37-22(3)35)19-26-32(8)15-13-27(38-23(4)36)30(5,6)25(32)12-16-33(26,34)9/h20-21,25-28H,11-19H2,1-10H3/t20-,21+,25+,26-,27?,28+,31-,32+,33-,34-/m1/s1. The first-order valence-corrected chi connectivity index (χ1v) is 15.6. The van der Waals surface area contributed by atoms with Crippen molar-refractivity contribution in [3.8, 4) is 0 Å². The first kappa shape index (κ1) is 28.2. The molecular weight excluding hydrogens is 472 g/mol. The van der Waals surface area contributed by atoms with E-state index in [-0.39, 0.29) is 39.7 Å². The number of carbonyl (C=O) groups is 2. The Bertz CT molecular complexity index is 1040. The van der Waals surface area contributed by atoms with Crippen molar-refractivity contribution in [2.24, 2.45) is 56.7 Å². The number of esters is 2. The number of ether oxygens (including phenoxy) is 2. The maximum absolute atomic E-state index is 12.6. The predicted octanol–water partition coefficient (Wildman–Crippen LogP) is 8.49. The van der Waals surface area contributed by atoms with E-state index in [1.807, 2.05) is 0 Å². The van der Waals surface area contributed by atoms with Crippen LogP contribution >= 0.6 is 0 Å². The zero-order valence-corrected chi connectivity index (χ0v) is 26.0. The third kappa shape index (κ3) is 3.73. The van der Waals surface area contributed by atoms with E-state index in [1.54, 1.807) is 13.8 Å². The van der Waals surface area contributed by atoms with Crippen LogP contribution in [0.3, 0.4) is 0 Å². The molecule has 4 fully saturated rings. The van der Waals surface area contributed by atoms with Gasteiger partial charge in [-0.2, -0.15) is 0 Å². The minimum absolute atomic E-state index is 0.0272. The van der Waals surface area contributed by atoms with Crippen molar-refractivity contribution in [2.45, 2.75) is 133 Å². The molecule has 0 aliphatic heterocycles. The largest absolute Gasteiger partial charge is 0.462 e. The lowest BCUT2D eigenvalue weighted by Gasteiger charge is -2.71. The molecule has 38 heavy (non-hydrogen) atoms. The molecule has 0 spiro atoms. The molecule has 4 heteroatoms. The average Bonchev–Trinajstić information content (AvgIpc) is 2.80. The molecule has 0 radical (unpaired) electrons. The highest BCUT2D eigenvalue weighted by atomic mass is 16.5. The van der Waals surface area contributed by atoms with E-state index in [0.717, 1.165) is 25.0 Å². The minimum atomic E-state index is -0.168. The summed E-state index contributed by atoms with van der Waals surface area (Å²) in [6, 6.07) is 0. The highest BCUT2D eigenvalue weighted by Gasteiger charge is 2.70. The molecule has 10 atom stereocenters. The van der Waals surface area contributed by atoms with Crippen molar-refractivity contribution in [1.29, 1.82) is 0 Å². The Labute approximate surface area is 232 Å². The van der Waals surface area contributed by atoms with Crippen LogP contribution in [0.15, 0.2) is 11.3 Å². The van der Waals surface area contributed by atoms with E-state index in [0.29, 0.717) is 35.0 Å². The van der Waals surface area contributed by atoms with E-state index in [9.17, 15) is 9.59 Å². The van der Waals surface area contributed by atoms with Gasteiger partial charge in [0.15, 0.2) is 0 Å². The van der Waals surface area contributed by atoms with Crippen molar-refractivity contribution < 1.29 is 19.1 Å². The third-order valence-corrected chi connectivity index (χ3v) is 14.0. The summed E-state index contributed by atoms with van der Waals surface area (Å²) in [6.45, 7) is 22.9. The van der Waals surface area contributed by atoms with Crippen molar-refractivity contribution in [2.75, 3.05) is 0 Å². The van der Waals surface area contributed by atoms with Crippen LogP contribution in [-0.2, 0) is 19.1 Å². The number of hydrogen-bond acceptors (Lipinski definition) is 4. The lowest BCUT2D eigenvalue weighted by atomic mass is 9.33. The van der Waals surface area contributed by atoms with Crippen LogP contribution < -0.4 is 0 Å². The van der Waals surface area contributed by atoms with Gasteiger partial charge in [0.05, 0.1) is 0 Å². The van der Waals surface area contributed by atoms with Crippen LogP contribution in [0.4, 0.5) is 0 Å². The molecule has 214 valence electrons. The molecule has 0 heterocycles. The Morgan fingerprint density at radius 2 is 1.47 bits per heavy atom. The molecular formula is C34H54O4. The molecule has 0 aromatic rings. The fourth-order valence-electron chi connectivity index (χ4n) is 11.5. The van der Waals surface area contributed by atoms with Crippen molar-refractivity contribution >= 4 is 11.9 Å². The van der Waals surface area contributed by atoms with Gasteiger partial charge in [0.25, 0.3) is 0 Å². The normalized spacial score (nSPS) is 49.6. The van der Waals surface area contributed by atoms with Crippen molar-refractivity contribution in [3.05, 3.63) is 11.3 Å². The van der Waals surface area contributed by atoms with Crippen LogP contribution in [0.2, 0.25) is 0 Å². The molecule has 1 unspecified atom stereocenters. The summed E-state index contributed by atoms with van der Waals surface area (Å²) in [6.07, 6.45) is 10.2. The fraction of sp³-hybridized carbons (Fsp3) is 0.882. The molecule has 0 bridgehead atoms. The highest BCUT2D eigenvalue weighted by Crippen LogP contribution is 2.76. The second-order valence-corrected chi connectivity index (χ2v) is 16.0. The highest BCUT2D eigenvalue weighted by molar-refractivity contribution is 5.68. The van der Waals surface area contributed by atoms with Gasteiger partial charge in [-0.05, 0) is 108 Å².